The van der Waals surface area contributed by atoms with Gasteiger partial charge in [-0.25, -0.2) is 9.97 Å². The normalized spacial score (nSPS) is 12.3. The Hall–Kier alpha value is -4.96. The number of hydrogen-bond acceptors (Lipinski definition) is 3. The summed E-state index contributed by atoms with van der Waals surface area (Å²) in [6, 6.07) is 38.2. The second kappa shape index (κ2) is 8.61. The van der Waals surface area contributed by atoms with Gasteiger partial charge in [-0.1, -0.05) is 60.7 Å². The molecule has 0 aliphatic carbocycles. The fourth-order valence-corrected chi connectivity index (χ4v) is 5.13. The lowest BCUT2D eigenvalue weighted by atomic mass is 10.1. The lowest BCUT2D eigenvalue weighted by Crippen LogP contribution is -2.11. The van der Waals surface area contributed by atoms with E-state index in [0.717, 1.165) is 45.3 Å². The van der Waals surface area contributed by atoms with Gasteiger partial charge >= 0.3 is 0 Å². The van der Waals surface area contributed by atoms with Crippen LogP contribution in [-0.2, 0) is 0 Å². The van der Waals surface area contributed by atoms with Crippen molar-refractivity contribution in [3.63, 3.8) is 0 Å². The molecule has 0 atom stereocenters. The topological polar surface area (TPSA) is 34.0 Å². The summed E-state index contributed by atoms with van der Waals surface area (Å²) in [5, 5.41) is 0. The summed E-state index contributed by atoms with van der Waals surface area (Å²) in [7, 11) is 0. The maximum absolute atomic E-state index is 4.99. The van der Waals surface area contributed by atoms with Crippen LogP contribution in [-0.4, -0.2) is 14.5 Å². The molecule has 0 fully saturated rings. The Morgan fingerprint density at radius 1 is 0.622 bits per heavy atom. The molecule has 4 heteroatoms. The number of fused-ring (bicyclic) bond motifs is 3. The summed E-state index contributed by atoms with van der Waals surface area (Å²) in [6.45, 7) is 2.11. The van der Waals surface area contributed by atoms with Crippen molar-refractivity contribution in [1.82, 2.24) is 14.5 Å². The van der Waals surface area contributed by atoms with Gasteiger partial charge in [-0.2, -0.15) is 0 Å². The van der Waals surface area contributed by atoms with Crippen molar-refractivity contribution in [3.05, 3.63) is 132 Å². The maximum Gasteiger partial charge on any atom is 0.164 e. The van der Waals surface area contributed by atoms with Gasteiger partial charge in [-0.05, 0) is 84.3 Å². The van der Waals surface area contributed by atoms with Crippen molar-refractivity contribution in [1.29, 1.82) is 0 Å². The van der Waals surface area contributed by atoms with Gasteiger partial charge in [-0.3, -0.25) is 4.57 Å². The average Bonchev–Trinajstić information content (AvgIpc) is 3.25. The number of benzene rings is 4. The van der Waals surface area contributed by atoms with E-state index in [2.05, 4.69) is 131 Å². The largest absolute Gasteiger partial charge is 0.309 e. The summed E-state index contributed by atoms with van der Waals surface area (Å²) < 4.78 is 2.15. The Kier molecular flexibility index (Phi) is 4.96. The molecule has 6 aromatic rings. The van der Waals surface area contributed by atoms with Crippen LogP contribution in [0.3, 0.4) is 0 Å². The Balaban J connectivity index is 1.38. The molecular formula is C33H24N4. The van der Waals surface area contributed by atoms with E-state index in [1.54, 1.807) is 0 Å². The maximum atomic E-state index is 4.99. The molecule has 1 aliphatic rings. The molecule has 2 aromatic heterocycles. The van der Waals surface area contributed by atoms with E-state index in [9.17, 15) is 0 Å². The molecule has 176 valence electrons. The van der Waals surface area contributed by atoms with Crippen molar-refractivity contribution in [3.8, 4) is 17.1 Å². The summed E-state index contributed by atoms with van der Waals surface area (Å²) in [4.78, 5) is 12.0. The fraction of sp³-hybridized carbons (Fsp3) is 0.0303. The number of pyridine rings is 1. The van der Waals surface area contributed by atoms with Crippen LogP contribution in [0, 0.1) is 6.92 Å². The molecule has 7 rings (SSSR count). The van der Waals surface area contributed by atoms with E-state index in [1.807, 2.05) is 18.3 Å². The zero-order valence-corrected chi connectivity index (χ0v) is 20.4. The van der Waals surface area contributed by atoms with Crippen LogP contribution >= 0.6 is 0 Å². The molecule has 37 heavy (non-hydrogen) atoms. The van der Waals surface area contributed by atoms with Crippen molar-refractivity contribution >= 4 is 40.4 Å². The highest BCUT2D eigenvalue weighted by atomic mass is 15.2. The standard InChI is InChI=1S/C33H24N4/c1-23-8-6-11-28(22-23)37-32(35-29-12-7-21-34-33(29)37)26-17-19-27(20-18-26)36-30-13-4-2-9-24(30)15-16-25-10-3-5-14-31(25)36/h2-22H,1H3. The zero-order valence-electron chi connectivity index (χ0n) is 20.4. The number of anilines is 3. The van der Waals surface area contributed by atoms with Crippen LogP contribution < -0.4 is 4.90 Å². The fourth-order valence-electron chi connectivity index (χ4n) is 5.13. The van der Waals surface area contributed by atoms with Crippen LogP contribution in [0.4, 0.5) is 17.1 Å². The minimum absolute atomic E-state index is 0.855. The molecular weight excluding hydrogens is 452 g/mol. The Bertz CT molecular complexity index is 1740. The highest BCUT2D eigenvalue weighted by Crippen LogP contribution is 2.42. The summed E-state index contributed by atoms with van der Waals surface area (Å²) in [5.41, 5.74) is 10.8. The molecule has 4 nitrogen and oxygen atoms in total. The molecule has 0 saturated carbocycles. The molecule has 0 spiro atoms. The minimum atomic E-state index is 0.855. The first-order valence-corrected chi connectivity index (χ1v) is 12.4. The summed E-state index contributed by atoms with van der Waals surface area (Å²) >= 11 is 0. The highest BCUT2D eigenvalue weighted by molar-refractivity contribution is 5.93. The van der Waals surface area contributed by atoms with Gasteiger partial charge in [0.25, 0.3) is 0 Å². The van der Waals surface area contributed by atoms with Gasteiger partial charge < -0.3 is 4.90 Å². The van der Waals surface area contributed by atoms with Gasteiger partial charge in [0.1, 0.15) is 11.3 Å². The number of aryl methyl sites for hydroxylation is 1. The van der Waals surface area contributed by atoms with Crippen molar-refractivity contribution in [2.45, 2.75) is 6.92 Å². The van der Waals surface area contributed by atoms with E-state index in [-0.39, 0.29) is 0 Å². The van der Waals surface area contributed by atoms with Crippen molar-refractivity contribution < 1.29 is 0 Å². The minimum Gasteiger partial charge on any atom is -0.309 e. The van der Waals surface area contributed by atoms with Crippen LogP contribution in [0.15, 0.2) is 115 Å². The van der Waals surface area contributed by atoms with Crippen LogP contribution in [0.5, 0.6) is 0 Å². The number of aromatic nitrogens is 3. The van der Waals surface area contributed by atoms with Crippen LogP contribution in [0.25, 0.3) is 40.4 Å². The third-order valence-electron chi connectivity index (χ3n) is 6.86. The van der Waals surface area contributed by atoms with Gasteiger partial charge in [0.2, 0.25) is 0 Å². The van der Waals surface area contributed by atoms with E-state index in [4.69, 9.17) is 4.98 Å². The second-order valence-corrected chi connectivity index (χ2v) is 9.29. The first-order chi connectivity index (χ1) is 18.3. The van der Waals surface area contributed by atoms with Gasteiger partial charge in [0.05, 0.1) is 11.4 Å². The summed E-state index contributed by atoms with van der Waals surface area (Å²) in [5.74, 6) is 0.879. The van der Waals surface area contributed by atoms with Crippen LogP contribution in [0.2, 0.25) is 0 Å². The second-order valence-electron chi connectivity index (χ2n) is 9.29. The zero-order chi connectivity index (χ0) is 24.8. The molecule has 3 heterocycles. The number of nitrogens with zero attached hydrogens (tertiary/aromatic N) is 4. The van der Waals surface area contributed by atoms with E-state index in [0.29, 0.717) is 0 Å². The molecule has 0 bridgehead atoms. The van der Waals surface area contributed by atoms with E-state index < -0.39 is 0 Å². The molecule has 0 amide bonds. The number of para-hydroxylation sites is 2. The van der Waals surface area contributed by atoms with Crippen molar-refractivity contribution in [2.24, 2.45) is 0 Å². The molecule has 0 N–H and O–H groups in total. The monoisotopic (exact) mass is 476 g/mol. The van der Waals surface area contributed by atoms with Gasteiger partial charge in [-0.15, -0.1) is 0 Å². The van der Waals surface area contributed by atoms with E-state index >= 15 is 0 Å². The SMILES string of the molecule is Cc1cccc(-n2c(-c3ccc(N4c5ccccc5C=Cc5ccccc54)cc3)nc3cccnc32)c1. The number of rotatable bonds is 3. The number of hydrogen-bond donors (Lipinski definition) is 0. The third kappa shape index (κ3) is 3.62. The first kappa shape index (κ1) is 21.3. The predicted octanol–water partition coefficient (Wildman–Crippen LogP) is 8.35. The lowest BCUT2D eigenvalue weighted by Gasteiger charge is -2.27. The molecule has 1 aliphatic heterocycles. The molecule has 4 aromatic carbocycles. The average molecular weight is 477 g/mol. The predicted molar refractivity (Wildman–Crippen MR) is 153 cm³/mol. The Labute approximate surface area is 215 Å². The lowest BCUT2D eigenvalue weighted by molar-refractivity contribution is 1.07. The molecule has 0 unspecified atom stereocenters. The Morgan fingerprint density at radius 2 is 1.32 bits per heavy atom. The Morgan fingerprint density at radius 3 is 2.03 bits per heavy atom. The highest BCUT2D eigenvalue weighted by Gasteiger charge is 2.20. The summed E-state index contributed by atoms with van der Waals surface area (Å²) in [6.07, 6.45) is 6.21. The third-order valence-corrected chi connectivity index (χ3v) is 6.86. The smallest absolute Gasteiger partial charge is 0.164 e. The molecule has 0 saturated heterocycles. The van der Waals surface area contributed by atoms with Gasteiger partial charge in [0.15, 0.2) is 5.65 Å². The van der Waals surface area contributed by atoms with Gasteiger partial charge in [0, 0.05) is 23.1 Å². The first-order valence-electron chi connectivity index (χ1n) is 12.4. The number of imidazole rings is 1. The molecule has 0 radical (unpaired) electrons. The van der Waals surface area contributed by atoms with Crippen LogP contribution in [0.1, 0.15) is 16.7 Å². The quantitative estimate of drug-likeness (QED) is 0.257. The van der Waals surface area contributed by atoms with E-state index in [1.165, 1.54) is 16.7 Å². The van der Waals surface area contributed by atoms with Crippen molar-refractivity contribution in [2.75, 3.05) is 4.90 Å².